The molecule has 2 fully saturated rings. The lowest BCUT2D eigenvalue weighted by atomic mass is 9.56. The van der Waals surface area contributed by atoms with Gasteiger partial charge in [-0.15, -0.1) is 0 Å². The summed E-state index contributed by atoms with van der Waals surface area (Å²) >= 11 is 0. The Morgan fingerprint density at radius 2 is 1.71 bits per heavy atom. The van der Waals surface area contributed by atoms with Crippen LogP contribution in [0.25, 0.3) is 0 Å². The summed E-state index contributed by atoms with van der Waals surface area (Å²) in [6, 6.07) is 0.513. The van der Waals surface area contributed by atoms with E-state index in [1.54, 1.807) is 0 Å². The first-order valence-corrected chi connectivity index (χ1v) is 9.57. The summed E-state index contributed by atoms with van der Waals surface area (Å²) < 4.78 is 11.1. The number of hydrogen-bond acceptors (Lipinski definition) is 5. The van der Waals surface area contributed by atoms with Gasteiger partial charge in [-0.25, -0.2) is 0 Å². The van der Waals surface area contributed by atoms with Crippen LogP contribution in [0.3, 0.4) is 0 Å². The third kappa shape index (κ3) is 5.80. The van der Waals surface area contributed by atoms with E-state index in [9.17, 15) is 4.79 Å². The number of Topliss-reactive ketones (excluding diaryl/α,β-unsaturated/α-hetero) is 1. The number of rotatable bonds is 12. The van der Waals surface area contributed by atoms with Crippen molar-refractivity contribution in [1.82, 2.24) is 10.2 Å². The second kappa shape index (κ2) is 9.27. The van der Waals surface area contributed by atoms with Gasteiger partial charge in [0.05, 0.1) is 26.4 Å². The van der Waals surface area contributed by atoms with Gasteiger partial charge >= 0.3 is 0 Å². The average Bonchev–Trinajstić information content (AvgIpc) is 2.44. The van der Waals surface area contributed by atoms with E-state index in [4.69, 9.17) is 9.47 Å². The first kappa shape index (κ1) is 19.8. The van der Waals surface area contributed by atoms with Crippen LogP contribution in [0.5, 0.6) is 0 Å². The van der Waals surface area contributed by atoms with Crippen LogP contribution in [0.15, 0.2) is 0 Å². The molecule has 1 N–H and O–H groups in total. The molecule has 0 amide bonds. The minimum atomic E-state index is 0.195. The highest BCUT2D eigenvalue weighted by molar-refractivity contribution is 5.83. The van der Waals surface area contributed by atoms with E-state index in [2.05, 4.69) is 24.1 Å². The number of nitrogens with one attached hydrogen (secondary N) is 1. The largest absolute Gasteiger partial charge is 0.378 e. The molecule has 0 atom stereocenters. The topological polar surface area (TPSA) is 50.8 Å². The predicted molar refractivity (Wildman–Crippen MR) is 96.2 cm³/mol. The number of ketones is 1. The second-order valence-electron chi connectivity index (χ2n) is 8.21. The molecule has 1 saturated heterocycles. The van der Waals surface area contributed by atoms with Gasteiger partial charge in [-0.3, -0.25) is 9.69 Å². The molecular weight excluding hydrogens is 304 g/mol. The first-order valence-electron chi connectivity index (χ1n) is 9.57. The summed E-state index contributed by atoms with van der Waals surface area (Å²) in [5.74, 6) is 0.997. The van der Waals surface area contributed by atoms with Crippen molar-refractivity contribution in [2.24, 2.45) is 17.3 Å². The van der Waals surface area contributed by atoms with Crippen molar-refractivity contribution < 1.29 is 14.3 Å². The number of nitrogens with zero attached hydrogens (tertiary/aromatic N) is 1. The minimum Gasteiger partial charge on any atom is -0.378 e. The molecule has 1 heterocycles. The van der Waals surface area contributed by atoms with Gasteiger partial charge < -0.3 is 14.8 Å². The number of carbonyl (C=O) groups is 1. The molecule has 24 heavy (non-hydrogen) atoms. The lowest BCUT2D eigenvalue weighted by Crippen LogP contribution is -2.63. The Kier molecular flexibility index (Phi) is 7.66. The normalized spacial score (nSPS) is 20.6. The fourth-order valence-corrected chi connectivity index (χ4v) is 3.91. The van der Waals surface area contributed by atoms with Crippen LogP contribution in [0, 0.1) is 17.3 Å². The van der Waals surface area contributed by atoms with Crippen molar-refractivity contribution in [2.45, 2.75) is 46.6 Å². The molecule has 5 heteroatoms. The molecule has 1 aliphatic carbocycles. The van der Waals surface area contributed by atoms with Gasteiger partial charge in [0.25, 0.3) is 0 Å². The van der Waals surface area contributed by atoms with Crippen molar-refractivity contribution in [1.29, 1.82) is 0 Å². The van der Waals surface area contributed by atoms with E-state index >= 15 is 0 Å². The second-order valence-corrected chi connectivity index (χ2v) is 8.21. The number of hydrogen-bond donors (Lipinski definition) is 1. The Morgan fingerprint density at radius 1 is 1.08 bits per heavy atom. The summed E-state index contributed by atoms with van der Waals surface area (Å²) in [5.41, 5.74) is 0.460. The number of ether oxygens (including phenoxy) is 2. The molecule has 0 aromatic carbocycles. The van der Waals surface area contributed by atoms with Gasteiger partial charge in [-0.1, -0.05) is 27.7 Å². The van der Waals surface area contributed by atoms with Crippen molar-refractivity contribution in [3.8, 4) is 0 Å². The third-order valence-corrected chi connectivity index (χ3v) is 5.17. The SMILES string of the molecule is CC(C)NCCOCCOCCN1CC2(CC(C(=O)C(C)C)C2)C1. The van der Waals surface area contributed by atoms with Crippen LogP contribution in [-0.4, -0.2) is 69.3 Å². The maximum atomic E-state index is 12.0. The summed E-state index contributed by atoms with van der Waals surface area (Å²) in [5, 5.41) is 3.32. The molecule has 0 aromatic rings. The summed E-state index contributed by atoms with van der Waals surface area (Å²) in [6.45, 7) is 15.4. The van der Waals surface area contributed by atoms with E-state index in [0.29, 0.717) is 36.4 Å². The van der Waals surface area contributed by atoms with E-state index in [-0.39, 0.29) is 5.92 Å². The van der Waals surface area contributed by atoms with Gasteiger partial charge in [0, 0.05) is 44.1 Å². The molecule has 2 rings (SSSR count). The average molecular weight is 341 g/mol. The molecule has 1 spiro atoms. The molecular formula is C19H36N2O3. The van der Waals surface area contributed by atoms with Crippen LogP contribution < -0.4 is 5.32 Å². The Bertz CT molecular complexity index is 384. The zero-order chi connectivity index (χ0) is 17.6. The minimum absolute atomic E-state index is 0.195. The van der Waals surface area contributed by atoms with Gasteiger partial charge in [0.1, 0.15) is 5.78 Å². The first-order chi connectivity index (χ1) is 11.4. The molecule has 0 unspecified atom stereocenters. The summed E-state index contributed by atoms with van der Waals surface area (Å²) in [6.07, 6.45) is 2.22. The van der Waals surface area contributed by atoms with Gasteiger partial charge in [-0.2, -0.15) is 0 Å². The van der Waals surface area contributed by atoms with Crippen LogP contribution in [-0.2, 0) is 14.3 Å². The Morgan fingerprint density at radius 3 is 2.29 bits per heavy atom. The lowest BCUT2D eigenvalue weighted by molar-refractivity contribution is -0.146. The molecule has 1 aliphatic heterocycles. The van der Waals surface area contributed by atoms with Gasteiger partial charge in [0.2, 0.25) is 0 Å². The standard InChI is InChI=1S/C19H36N2O3/c1-15(2)18(22)17-11-19(12-17)13-21(14-19)6-8-24-10-9-23-7-5-20-16(3)4/h15-17,20H,5-14H2,1-4H3. The van der Waals surface area contributed by atoms with E-state index in [1.807, 2.05) is 13.8 Å². The van der Waals surface area contributed by atoms with Gasteiger partial charge in [0.15, 0.2) is 0 Å². The smallest absolute Gasteiger partial charge is 0.138 e. The maximum absolute atomic E-state index is 12.0. The summed E-state index contributed by atoms with van der Waals surface area (Å²) in [7, 11) is 0. The molecule has 2 aliphatic rings. The van der Waals surface area contributed by atoms with Crippen LogP contribution in [0.4, 0.5) is 0 Å². The quantitative estimate of drug-likeness (QED) is 0.550. The van der Waals surface area contributed by atoms with Crippen molar-refractivity contribution in [3.63, 3.8) is 0 Å². The van der Waals surface area contributed by atoms with E-state index < -0.39 is 0 Å². The van der Waals surface area contributed by atoms with Crippen molar-refractivity contribution in [2.75, 3.05) is 52.6 Å². The van der Waals surface area contributed by atoms with Crippen LogP contribution in [0.2, 0.25) is 0 Å². The van der Waals surface area contributed by atoms with Crippen molar-refractivity contribution >= 4 is 5.78 Å². The lowest BCUT2D eigenvalue weighted by Gasteiger charge is -2.59. The number of likely N-dealkylation sites (tertiary alicyclic amines) is 1. The van der Waals surface area contributed by atoms with E-state index in [0.717, 1.165) is 52.2 Å². The number of carbonyl (C=O) groups excluding carboxylic acids is 1. The van der Waals surface area contributed by atoms with Crippen LogP contribution >= 0.6 is 0 Å². The molecule has 0 radical (unpaired) electrons. The molecule has 1 saturated carbocycles. The molecule has 5 nitrogen and oxygen atoms in total. The van der Waals surface area contributed by atoms with Crippen LogP contribution in [0.1, 0.15) is 40.5 Å². The predicted octanol–water partition coefficient (Wildman–Crippen LogP) is 1.95. The summed E-state index contributed by atoms with van der Waals surface area (Å²) in [4.78, 5) is 14.4. The van der Waals surface area contributed by atoms with E-state index in [1.165, 1.54) is 0 Å². The zero-order valence-corrected chi connectivity index (χ0v) is 16.0. The highest BCUT2D eigenvalue weighted by Gasteiger charge is 2.53. The Hall–Kier alpha value is -0.490. The highest BCUT2D eigenvalue weighted by Crippen LogP contribution is 2.52. The highest BCUT2D eigenvalue weighted by atomic mass is 16.5. The Balaban J connectivity index is 1.39. The zero-order valence-electron chi connectivity index (χ0n) is 16.0. The third-order valence-electron chi connectivity index (χ3n) is 5.17. The van der Waals surface area contributed by atoms with Crippen molar-refractivity contribution in [3.05, 3.63) is 0 Å². The molecule has 0 aromatic heterocycles. The monoisotopic (exact) mass is 340 g/mol. The maximum Gasteiger partial charge on any atom is 0.138 e. The Labute approximate surface area is 147 Å². The fraction of sp³-hybridized carbons (Fsp3) is 0.947. The molecule has 0 bridgehead atoms. The van der Waals surface area contributed by atoms with Gasteiger partial charge in [-0.05, 0) is 18.3 Å². The molecule has 140 valence electrons. The fourth-order valence-electron chi connectivity index (χ4n) is 3.91.